The minimum atomic E-state index is -1.66. The zero-order chi connectivity index (χ0) is 39.6. The molecule has 0 aromatic rings. The van der Waals surface area contributed by atoms with Gasteiger partial charge in [-0.2, -0.15) is 0 Å². The number of esters is 2. The Balaban J connectivity index is 1.04. The van der Waals surface area contributed by atoms with E-state index in [0.717, 1.165) is 50.5 Å². The third kappa shape index (κ3) is 6.89. The smallest absolute Gasteiger partial charge is 0.331 e. The average molecular weight is 785 g/mol. The van der Waals surface area contributed by atoms with Gasteiger partial charge in [0.1, 0.15) is 61.5 Å². The number of hydrogen-bond donors (Lipinski definition) is 6. The van der Waals surface area contributed by atoms with Crippen LogP contribution in [0.25, 0.3) is 0 Å². The van der Waals surface area contributed by atoms with Crippen LogP contribution >= 0.6 is 0 Å². The summed E-state index contributed by atoms with van der Waals surface area (Å²) >= 11 is 0. The van der Waals surface area contributed by atoms with Crippen LogP contribution in [0, 0.1) is 34.5 Å². The molecular formula is C39H60O16. The van der Waals surface area contributed by atoms with Crippen molar-refractivity contribution in [2.24, 2.45) is 34.5 Å². The van der Waals surface area contributed by atoms with E-state index in [-0.39, 0.29) is 35.9 Å². The lowest BCUT2D eigenvalue weighted by atomic mass is 9.43. The molecule has 19 unspecified atom stereocenters. The molecule has 16 heteroatoms. The Hall–Kier alpha value is -1.80. The second-order valence-corrected chi connectivity index (χ2v) is 17.5. The molecular weight excluding hydrogens is 724 g/mol. The van der Waals surface area contributed by atoms with Crippen molar-refractivity contribution in [1.82, 2.24) is 0 Å². The molecule has 6 fully saturated rings. The summed E-state index contributed by atoms with van der Waals surface area (Å²) in [6.07, 6.45) is -5.55. The maximum absolute atomic E-state index is 12.9. The first-order chi connectivity index (χ1) is 26.1. The van der Waals surface area contributed by atoms with E-state index in [9.17, 15) is 40.2 Å². The Morgan fingerprint density at radius 1 is 0.855 bits per heavy atom. The predicted octanol–water partition coefficient (Wildman–Crippen LogP) is 0.103. The number of aliphatic hydroxyl groups excluding tert-OH is 5. The molecule has 4 aliphatic carbocycles. The SMILES string of the molecule is COC1C(OC2CCC3(C)C(CCC4C3CCC3(C)C(C5=CC(=O)OC5)C(OC(C)=O)CC43O)C2)OC(CO)C(OC2OC(CO)C(O)C(O)C2O)C1OC. The monoisotopic (exact) mass is 784 g/mol. The van der Waals surface area contributed by atoms with Gasteiger partial charge in [0.25, 0.3) is 0 Å². The molecule has 0 bridgehead atoms. The molecule has 6 N–H and O–H groups in total. The lowest BCUT2D eigenvalue weighted by Gasteiger charge is -2.63. The average Bonchev–Trinajstić information content (AvgIpc) is 3.67. The standard InChI is InChI=1S/C39H60O16/c1-18(42)51-24-14-39(47)23-7-6-20-13-21(8-10-37(20,2)22(23)9-11-38(39,3)28(24)19-12-27(43)50-17-19)52-36-34(49-5)33(48-4)32(26(16-41)54-36)55-35-31(46)30(45)29(44)25(15-40)53-35/h12,20-26,28-36,40-41,44-47H,6-11,13-17H2,1-5H3. The Morgan fingerprint density at radius 2 is 1.56 bits per heavy atom. The van der Waals surface area contributed by atoms with Crippen LogP contribution in [-0.4, -0.2) is 156 Å². The van der Waals surface area contributed by atoms with Gasteiger partial charge in [-0.25, -0.2) is 4.79 Å². The topological polar surface area (TPSA) is 229 Å². The fraction of sp³-hybridized carbons (Fsp3) is 0.897. The van der Waals surface area contributed by atoms with Gasteiger partial charge in [0.05, 0.1) is 24.9 Å². The predicted molar refractivity (Wildman–Crippen MR) is 188 cm³/mol. The Morgan fingerprint density at radius 3 is 2.20 bits per heavy atom. The normalized spacial score (nSPS) is 51.0. The molecule has 0 aromatic heterocycles. The molecule has 312 valence electrons. The van der Waals surface area contributed by atoms with E-state index in [1.807, 2.05) is 0 Å². The molecule has 0 amide bonds. The van der Waals surface area contributed by atoms with Crippen LogP contribution in [0.2, 0.25) is 0 Å². The van der Waals surface area contributed by atoms with Crippen LogP contribution in [0.3, 0.4) is 0 Å². The number of ether oxygens (including phenoxy) is 8. The van der Waals surface area contributed by atoms with Crippen LogP contribution in [0.15, 0.2) is 11.6 Å². The Bertz CT molecular complexity index is 1440. The van der Waals surface area contributed by atoms with Gasteiger partial charge in [-0.05, 0) is 73.7 Å². The second kappa shape index (κ2) is 15.8. The number of methoxy groups -OCH3 is 2. The molecule has 2 saturated heterocycles. The van der Waals surface area contributed by atoms with Gasteiger partial charge in [-0.3, -0.25) is 4.79 Å². The van der Waals surface area contributed by atoms with Crippen molar-refractivity contribution in [1.29, 1.82) is 0 Å². The largest absolute Gasteiger partial charge is 0.462 e. The maximum Gasteiger partial charge on any atom is 0.331 e. The van der Waals surface area contributed by atoms with Crippen LogP contribution in [0.1, 0.15) is 72.1 Å². The molecule has 4 saturated carbocycles. The van der Waals surface area contributed by atoms with E-state index >= 15 is 0 Å². The summed E-state index contributed by atoms with van der Waals surface area (Å²) < 4.78 is 47.4. The first-order valence-corrected chi connectivity index (χ1v) is 19.8. The van der Waals surface area contributed by atoms with Crippen LogP contribution in [-0.2, 0) is 47.5 Å². The van der Waals surface area contributed by atoms with E-state index in [1.165, 1.54) is 27.2 Å². The molecule has 3 heterocycles. The van der Waals surface area contributed by atoms with E-state index in [0.29, 0.717) is 12.3 Å². The first kappa shape index (κ1) is 41.4. The highest BCUT2D eigenvalue weighted by Crippen LogP contribution is 2.70. The van der Waals surface area contributed by atoms with E-state index in [2.05, 4.69) is 13.8 Å². The number of carbonyl (C=O) groups is 2. The summed E-state index contributed by atoms with van der Waals surface area (Å²) in [4.78, 5) is 24.4. The minimum absolute atomic E-state index is 0.0143. The molecule has 0 spiro atoms. The van der Waals surface area contributed by atoms with Gasteiger partial charge in [-0.1, -0.05) is 13.8 Å². The lowest BCUT2D eigenvalue weighted by Crippen LogP contribution is -2.65. The Kier molecular flexibility index (Phi) is 11.8. The van der Waals surface area contributed by atoms with Crippen molar-refractivity contribution in [3.63, 3.8) is 0 Å². The number of fused-ring (bicyclic) bond motifs is 5. The molecule has 0 aromatic carbocycles. The third-order valence-electron chi connectivity index (χ3n) is 15.0. The fourth-order valence-electron chi connectivity index (χ4n) is 12.2. The van der Waals surface area contributed by atoms with E-state index < -0.39 is 104 Å². The number of rotatable bonds is 10. The highest BCUT2D eigenvalue weighted by molar-refractivity contribution is 5.85. The van der Waals surface area contributed by atoms with Crippen LogP contribution in [0.4, 0.5) is 0 Å². The molecule has 7 rings (SSSR count). The summed E-state index contributed by atoms with van der Waals surface area (Å²) in [5.74, 6) is -0.615. The zero-order valence-electron chi connectivity index (χ0n) is 32.4. The van der Waals surface area contributed by atoms with Crippen molar-refractivity contribution in [3.8, 4) is 0 Å². The van der Waals surface area contributed by atoms with Crippen LogP contribution in [0.5, 0.6) is 0 Å². The third-order valence-corrected chi connectivity index (χ3v) is 15.0. The van der Waals surface area contributed by atoms with E-state index in [4.69, 9.17) is 37.9 Å². The second-order valence-electron chi connectivity index (χ2n) is 17.5. The van der Waals surface area contributed by atoms with Crippen molar-refractivity contribution in [2.45, 2.75) is 151 Å². The maximum atomic E-state index is 12.9. The highest BCUT2D eigenvalue weighted by Gasteiger charge is 2.71. The van der Waals surface area contributed by atoms with Gasteiger partial charge in [-0.15, -0.1) is 0 Å². The van der Waals surface area contributed by atoms with Gasteiger partial charge in [0.2, 0.25) is 0 Å². The number of hydrogen-bond acceptors (Lipinski definition) is 16. The number of cyclic esters (lactones) is 1. The molecule has 7 aliphatic rings. The summed E-state index contributed by atoms with van der Waals surface area (Å²) in [5.41, 5.74) is -0.993. The van der Waals surface area contributed by atoms with Crippen molar-refractivity contribution in [2.75, 3.05) is 34.0 Å². The lowest BCUT2D eigenvalue weighted by molar-refractivity contribution is -0.368. The summed E-state index contributed by atoms with van der Waals surface area (Å²) in [5, 5.41) is 64.1. The highest BCUT2D eigenvalue weighted by atomic mass is 16.8. The fourth-order valence-corrected chi connectivity index (χ4v) is 12.2. The van der Waals surface area contributed by atoms with E-state index in [1.54, 1.807) is 0 Å². The van der Waals surface area contributed by atoms with Gasteiger partial charge < -0.3 is 68.5 Å². The van der Waals surface area contributed by atoms with Crippen molar-refractivity contribution >= 4 is 11.9 Å². The quantitative estimate of drug-likeness (QED) is 0.128. The van der Waals surface area contributed by atoms with Crippen LogP contribution < -0.4 is 0 Å². The summed E-state index contributed by atoms with van der Waals surface area (Å²) in [6, 6.07) is 0. The number of aliphatic hydroxyl groups is 6. The van der Waals surface area contributed by atoms with Gasteiger partial charge in [0.15, 0.2) is 12.6 Å². The minimum Gasteiger partial charge on any atom is -0.462 e. The molecule has 3 aliphatic heterocycles. The first-order valence-electron chi connectivity index (χ1n) is 19.8. The molecule has 0 radical (unpaired) electrons. The molecule has 19 atom stereocenters. The van der Waals surface area contributed by atoms with Gasteiger partial charge >= 0.3 is 11.9 Å². The van der Waals surface area contributed by atoms with Gasteiger partial charge in [0, 0.05) is 45.0 Å². The number of carbonyl (C=O) groups excluding carboxylic acids is 2. The summed E-state index contributed by atoms with van der Waals surface area (Å²) in [7, 11) is 2.93. The molecule has 55 heavy (non-hydrogen) atoms. The zero-order valence-corrected chi connectivity index (χ0v) is 32.4. The Labute approximate surface area is 321 Å². The van der Waals surface area contributed by atoms with Crippen molar-refractivity contribution in [3.05, 3.63) is 11.6 Å². The summed E-state index contributed by atoms with van der Waals surface area (Å²) in [6.45, 7) is 4.84. The van der Waals surface area contributed by atoms with Crippen molar-refractivity contribution < 1.29 is 78.1 Å². The molecule has 16 nitrogen and oxygen atoms in total.